The lowest BCUT2D eigenvalue weighted by molar-refractivity contribution is -0.184. The molecule has 2 amide bonds. The number of halogens is 3. The molecule has 5 nitrogen and oxygen atoms in total. The van der Waals surface area contributed by atoms with Gasteiger partial charge in [0.2, 0.25) is 5.91 Å². The molecule has 2 aliphatic rings. The average molecular weight is 369 g/mol. The number of anilines is 1. The summed E-state index contributed by atoms with van der Waals surface area (Å²) in [6, 6.07) is 6.59. The number of carbonyl (C=O) groups excluding carboxylic acids is 2. The quantitative estimate of drug-likeness (QED) is 0.858. The molecule has 2 N–H and O–H groups in total. The fraction of sp³-hybridized carbons (Fsp3) is 0.556. The topological polar surface area (TPSA) is 61.4 Å². The normalized spacial score (nSPS) is 21.3. The van der Waals surface area contributed by atoms with E-state index in [4.69, 9.17) is 0 Å². The summed E-state index contributed by atoms with van der Waals surface area (Å²) in [7, 11) is 1.10. The first kappa shape index (κ1) is 18.7. The first-order valence-corrected chi connectivity index (χ1v) is 8.64. The molecule has 26 heavy (non-hydrogen) atoms. The van der Waals surface area contributed by atoms with Crippen molar-refractivity contribution in [1.82, 2.24) is 10.2 Å². The number of alkyl halides is 3. The number of nitrogens with zero attached hydrogens (tertiary/aromatic N) is 1. The Bertz CT molecular complexity index is 699. The van der Waals surface area contributed by atoms with E-state index in [1.165, 1.54) is 0 Å². The van der Waals surface area contributed by atoms with Crippen LogP contribution in [0.1, 0.15) is 24.8 Å². The van der Waals surface area contributed by atoms with Crippen molar-refractivity contribution in [2.24, 2.45) is 11.3 Å². The summed E-state index contributed by atoms with van der Waals surface area (Å²) in [5.41, 5.74) is 1.18. The Labute approximate surface area is 149 Å². The van der Waals surface area contributed by atoms with E-state index < -0.39 is 12.1 Å². The summed E-state index contributed by atoms with van der Waals surface area (Å²) < 4.78 is 37.4. The van der Waals surface area contributed by atoms with E-state index in [-0.39, 0.29) is 23.8 Å². The van der Waals surface area contributed by atoms with E-state index in [0.29, 0.717) is 16.2 Å². The second kappa shape index (κ2) is 6.90. The zero-order valence-electron chi connectivity index (χ0n) is 14.5. The standard InChI is InChI=1S/C18H22F3N3O2/c1-24(16(26)18(19,20)21)11-12-3-2-4-13(9-12)23-15(25)14-10-17(14)5-7-22-8-6-17/h2-4,9,14,22H,5-8,10-11H2,1H3,(H,23,25). The van der Waals surface area contributed by atoms with Crippen molar-refractivity contribution < 1.29 is 22.8 Å². The van der Waals surface area contributed by atoms with Crippen LogP contribution in [0.3, 0.4) is 0 Å². The molecule has 3 rings (SSSR count). The summed E-state index contributed by atoms with van der Waals surface area (Å²) in [6.07, 6.45) is -2.01. The molecule has 142 valence electrons. The predicted octanol–water partition coefficient (Wildman–Crippen LogP) is 2.54. The highest BCUT2D eigenvalue weighted by atomic mass is 19.4. The molecule has 1 heterocycles. The Morgan fingerprint density at radius 3 is 2.65 bits per heavy atom. The summed E-state index contributed by atoms with van der Waals surface area (Å²) in [5.74, 6) is -1.93. The van der Waals surface area contributed by atoms with Gasteiger partial charge in [-0.3, -0.25) is 9.59 Å². The maximum absolute atomic E-state index is 12.5. The van der Waals surface area contributed by atoms with Crippen LogP contribution >= 0.6 is 0 Å². The molecule has 1 saturated heterocycles. The summed E-state index contributed by atoms with van der Waals surface area (Å²) in [6.45, 7) is 1.68. The zero-order chi connectivity index (χ0) is 18.9. The molecule has 2 fully saturated rings. The van der Waals surface area contributed by atoms with E-state index in [0.717, 1.165) is 39.4 Å². The third-order valence-corrected chi connectivity index (χ3v) is 5.31. The number of hydrogen-bond donors (Lipinski definition) is 2. The van der Waals surface area contributed by atoms with Gasteiger partial charge in [-0.2, -0.15) is 13.2 Å². The van der Waals surface area contributed by atoms with Gasteiger partial charge in [0.1, 0.15) is 0 Å². The van der Waals surface area contributed by atoms with Crippen LogP contribution < -0.4 is 10.6 Å². The lowest BCUT2D eigenvalue weighted by Gasteiger charge is -2.23. The van der Waals surface area contributed by atoms with Gasteiger partial charge in [-0.1, -0.05) is 12.1 Å². The van der Waals surface area contributed by atoms with Gasteiger partial charge in [0.15, 0.2) is 0 Å². The SMILES string of the molecule is CN(Cc1cccc(NC(=O)C2CC23CCNCC3)c1)C(=O)C(F)(F)F. The Morgan fingerprint density at radius 1 is 1.31 bits per heavy atom. The highest BCUT2D eigenvalue weighted by Crippen LogP contribution is 2.58. The van der Waals surface area contributed by atoms with Crippen LogP contribution in [-0.2, 0) is 16.1 Å². The van der Waals surface area contributed by atoms with E-state index in [2.05, 4.69) is 10.6 Å². The largest absolute Gasteiger partial charge is 0.471 e. The van der Waals surface area contributed by atoms with Crippen molar-refractivity contribution in [3.05, 3.63) is 29.8 Å². The van der Waals surface area contributed by atoms with Crippen LogP contribution in [0.25, 0.3) is 0 Å². The van der Waals surface area contributed by atoms with Crippen molar-refractivity contribution in [2.45, 2.75) is 32.0 Å². The molecule has 1 aromatic carbocycles. The number of rotatable bonds is 4. The molecule has 1 aromatic rings. The fourth-order valence-corrected chi connectivity index (χ4v) is 3.73. The lowest BCUT2D eigenvalue weighted by atomic mass is 9.92. The van der Waals surface area contributed by atoms with Gasteiger partial charge < -0.3 is 15.5 Å². The molecule has 1 spiro atoms. The van der Waals surface area contributed by atoms with E-state index in [9.17, 15) is 22.8 Å². The number of nitrogens with one attached hydrogen (secondary N) is 2. The molecule has 1 atom stereocenters. The van der Waals surface area contributed by atoms with Crippen molar-refractivity contribution in [2.75, 3.05) is 25.5 Å². The Balaban J connectivity index is 1.59. The third kappa shape index (κ3) is 4.00. The molecule has 1 aliphatic carbocycles. The number of hydrogen-bond acceptors (Lipinski definition) is 3. The van der Waals surface area contributed by atoms with Gasteiger partial charge in [0.05, 0.1) is 0 Å². The van der Waals surface area contributed by atoms with Gasteiger partial charge in [-0.15, -0.1) is 0 Å². The molecule has 1 saturated carbocycles. The number of carbonyl (C=O) groups is 2. The van der Waals surface area contributed by atoms with Crippen LogP contribution in [0.5, 0.6) is 0 Å². The zero-order valence-corrected chi connectivity index (χ0v) is 14.5. The highest BCUT2D eigenvalue weighted by molar-refractivity contribution is 5.95. The summed E-state index contributed by atoms with van der Waals surface area (Å²) in [5, 5.41) is 6.15. The molecular formula is C18H22F3N3O2. The second-order valence-electron chi connectivity index (χ2n) is 7.22. The monoisotopic (exact) mass is 369 g/mol. The van der Waals surface area contributed by atoms with Crippen LogP contribution in [0.15, 0.2) is 24.3 Å². The molecule has 0 radical (unpaired) electrons. The highest BCUT2D eigenvalue weighted by Gasteiger charge is 2.57. The van der Waals surface area contributed by atoms with Crippen molar-refractivity contribution in [3.63, 3.8) is 0 Å². The second-order valence-corrected chi connectivity index (χ2v) is 7.22. The molecule has 0 bridgehead atoms. The lowest BCUT2D eigenvalue weighted by Crippen LogP contribution is -2.37. The van der Waals surface area contributed by atoms with Crippen LogP contribution in [-0.4, -0.2) is 43.0 Å². The Kier molecular flexibility index (Phi) is 4.96. The van der Waals surface area contributed by atoms with E-state index in [1.807, 2.05) is 0 Å². The van der Waals surface area contributed by atoms with Crippen molar-refractivity contribution in [3.8, 4) is 0 Å². The average Bonchev–Trinajstić information content (AvgIpc) is 3.27. The minimum absolute atomic E-state index is 0.00253. The fourth-order valence-electron chi connectivity index (χ4n) is 3.73. The molecule has 1 unspecified atom stereocenters. The van der Waals surface area contributed by atoms with Gasteiger partial charge in [0, 0.05) is 25.2 Å². The van der Waals surface area contributed by atoms with Gasteiger partial charge in [-0.25, -0.2) is 0 Å². The van der Waals surface area contributed by atoms with Gasteiger partial charge in [0.25, 0.3) is 0 Å². The van der Waals surface area contributed by atoms with Gasteiger partial charge >= 0.3 is 12.1 Å². The molecule has 1 aliphatic heterocycles. The first-order valence-electron chi connectivity index (χ1n) is 8.64. The first-order chi connectivity index (χ1) is 12.2. The molecular weight excluding hydrogens is 347 g/mol. The van der Waals surface area contributed by atoms with Crippen LogP contribution in [0.4, 0.5) is 18.9 Å². The van der Waals surface area contributed by atoms with Crippen LogP contribution in [0.2, 0.25) is 0 Å². The summed E-state index contributed by atoms with van der Waals surface area (Å²) in [4.78, 5) is 24.3. The van der Waals surface area contributed by atoms with E-state index in [1.54, 1.807) is 24.3 Å². The molecule has 8 heteroatoms. The predicted molar refractivity (Wildman–Crippen MR) is 90.2 cm³/mol. The number of amides is 2. The number of benzene rings is 1. The number of piperidine rings is 1. The Hall–Kier alpha value is -2.09. The minimum Gasteiger partial charge on any atom is -0.334 e. The maximum atomic E-state index is 12.5. The van der Waals surface area contributed by atoms with Crippen molar-refractivity contribution in [1.29, 1.82) is 0 Å². The van der Waals surface area contributed by atoms with Crippen molar-refractivity contribution >= 4 is 17.5 Å². The third-order valence-electron chi connectivity index (χ3n) is 5.31. The summed E-state index contributed by atoms with van der Waals surface area (Å²) >= 11 is 0. The molecule has 0 aromatic heterocycles. The van der Waals surface area contributed by atoms with Crippen LogP contribution in [0, 0.1) is 11.3 Å². The van der Waals surface area contributed by atoms with Gasteiger partial charge in [-0.05, 0) is 55.5 Å². The minimum atomic E-state index is -4.89. The van der Waals surface area contributed by atoms with E-state index >= 15 is 0 Å². The maximum Gasteiger partial charge on any atom is 0.471 e. The Morgan fingerprint density at radius 2 is 2.00 bits per heavy atom. The smallest absolute Gasteiger partial charge is 0.334 e.